The topological polar surface area (TPSA) is 61.4 Å². The Morgan fingerprint density at radius 1 is 1.18 bits per heavy atom. The first kappa shape index (κ1) is 17.1. The standard InChI is InChI=1S/C17H31N3O2/c1-2-11-19-17(22)20-13-8-4-3-7-12-18-16(21)14-9-5-6-10-15(14)20/h14-15H,2-13H2,1H3,(H,18,21)(H,19,22)/t14-,15+/m1/s1. The quantitative estimate of drug-likeness (QED) is 0.824. The van der Waals surface area contributed by atoms with E-state index in [-0.39, 0.29) is 23.9 Å². The average molecular weight is 309 g/mol. The molecule has 0 spiro atoms. The molecule has 2 atom stereocenters. The second kappa shape index (κ2) is 9.01. The van der Waals surface area contributed by atoms with Crippen LogP contribution in [0.5, 0.6) is 0 Å². The highest BCUT2D eigenvalue weighted by Gasteiger charge is 2.36. The lowest BCUT2D eigenvalue weighted by Crippen LogP contribution is -2.53. The van der Waals surface area contributed by atoms with Crippen molar-refractivity contribution in [1.29, 1.82) is 0 Å². The minimum absolute atomic E-state index is 0.0193. The van der Waals surface area contributed by atoms with Gasteiger partial charge in [-0.1, -0.05) is 32.6 Å². The van der Waals surface area contributed by atoms with Crippen LogP contribution >= 0.6 is 0 Å². The maximum Gasteiger partial charge on any atom is 0.317 e. The van der Waals surface area contributed by atoms with Crippen LogP contribution in [-0.2, 0) is 4.79 Å². The zero-order chi connectivity index (χ0) is 15.8. The van der Waals surface area contributed by atoms with Crippen molar-refractivity contribution in [1.82, 2.24) is 15.5 Å². The second-order valence-corrected chi connectivity index (χ2v) is 6.59. The molecule has 1 saturated carbocycles. The number of amides is 3. The van der Waals surface area contributed by atoms with Gasteiger partial charge in [0.25, 0.3) is 0 Å². The fourth-order valence-corrected chi connectivity index (χ4v) is 3.65. The molecule has 126 valence electrons. The molecule has 0 radical (unpaired) electrons. The number of carbonyl (C=O) groups is 2. The van der Waals surface area contributed by atoms with E-state index in [0.29, 0.717) is 6.54 Å². The summed E-state index contributed by atoms with van der Waals surface area (Å²) in [6, 6.07) is 0.0921. The van der Waals surface area contributed by atoms with Crippen molar-refractivity contribution in [2.75, 3.05) is 19.6 Å². The van der Waals surface area contributed by atoms with Gasteiger partial charge < -0.3 is 15.5 Å². The minimum Gasteiger partial charge on any atom is -0.356 e. The van der Waals surface area contributed by atoms with Crippen molar-refractivity contribution in [3.63, 3.8) is 0 Å². The molecule has 5 heteroatoms. The first-order valence-corrected chi connectivity index (χ1v) is 9.06. The third-order valence-corrected chi connectivity index (χ3v) is 4.88. The average Bonchev–Trinajstić information content (AvgIpc) is 2.57. The first-order chi connectivity index (χ1) is 10.7. The summed E-state index contributed by atoms with van der Waals surface area (Å²) in [7, 11) is 0. The van der Waals surface area contributed by atoms with Crippen LogP contribution in [0.25, 0.3) is 0 Å². The minimum atomic E-state index is -0.0285. The maximum absolute atomic E-state index is 12.6. The van der Waals surface area contributed by atoms with Gasteiger partial charge in [0, 0.05) is 25.7 Å². The Morgan fingerprint density at radius 3 is 2.77 bits per heavy atom. The van der Waals surface area contributed by atoms with E-state index in [2.05, 4.69) is 17.6 Å². The van der Waals surface area contributed by atoms with Crippen molar-refractivity contribution in [2.24, 2.45) is 5.92 Å². The smallest absolute Gasteiger partial charge is 0.317 e. The van der Waals surface area contributed by atoms with Crippen LogP contribution in [0.2, 0.25) is 0 Å². The van der Waals surface area contributed by atoms with E-state index in [1.807, 2.05) is 4.90 Å². The van der Waals surface area contributed by atoms with Gasteiger partial charge in [-0.25, -0.2) is 4.79 Å². The van der Waals surface area contributed by atoms with Gasteiger partial charge in [-0.3, -0.25) is 4.79 Å². The first-order valence-electron chi connectivity index (χ1n) is 9.06. The predicted molar refractivity (Wildman–Crippen MR) is 87.6 cm³/mol. The monoisotopic (exact) mass is 309 g/mol. The van der Waals surface area contributed by atoms with Crippen LogP contribution in [0, 0.1) is 5.92 Å². The Bertz CT molecular complexity index is 373. The highest BCUT2D eigenvalue weighted by atomic mass is 16.2. The van der Waals surface area contributed by atoms with E-state index in [1.165, 1.54) is 0 Å². The molecule has 0 aromatic rings. The van der Waals surface area contributed by atoms with Gasteiger partial charge in [-0.05, 0) is 32.1 Å². The molecule has 5 nitrogen and oxygen atoms in total. The van der Waals surface area contributed by atoms with E-state index in [4.69, 9.17) is 0 Å². The Balaban J connectivity index is 2.13. The molecule has 1 aliphatic heterocycles. The fourth-order valence-electron chi connectivity index (χ4n) is 3.65. The van der Waals surface area contributed by atoms with Crippen LogP contribution in [0.15, 0.2) is 0 Å². The van der Waals surface area contributed by atoms with Gasteiger partial charge in [0.2, 0.25) is 5.91 Å². The highest BCUT2D eigenvalue weighted by molar-refractivity contribution is 5.81. The SMILES string of the molecule is CCCNC(=O)N1CCCCCCNC(=O)[C@@H]2CCCC[C@@H]21. The predicted octanol–water partition coefficient (Wildman–Crippen LogP) is 2.66. The zero-order valence-electron chi connectivity index (χ0n) is 13.9. The van der Waals surface area contributed by atoms with Crippen LogP contribution in [0.4, 0.5) is 4.79 Å². The molecule has 2 rings (SSSR count). The van der Waals surface area contributed by atoms with Gasteiger partial charge in [-0.15, -0.1) is 0 Å². The number of nitrogens with zero attached hydrogens (tertiary/aromatic N) is 1. The zero-order valence-corrected chi connectivity index (χ0v) is 13.9. The summed E-state index contributed by atoms with van der Waals surface area (Å²) in [6.45, 7) is 4.33. The molecule has 1 saturated heterocycles. The van der Waals surface area contributed by atoms with Crippen molar-refractivity contribution in [3.8, 4) is 0 Å². The van der Waals surface area contributed by atoms with E-state index in [9.17, 15) is 9.59 Å². The molecule has 0 aromatic heterocycles. The van der Waals surface area contributed by atoms with Gasteiger partial charge in [0.15, 0.2) is 0 Å². The summed E-state index contributed by atoms with van der Waals surface area (Å²) in [4.78, 5) is 27.0. The lowest BCUT2D eigenvalue weighted by molar-refractivity contribution is -0.127. The van der Waals surface area contributed by atoms with Crippen molar-refractivity contribution >= 4 is 11.9 Å². The van der Waals surface area contributed by atoms with Gasteiger partial charge in [-0.2, -0.15) is 0 Å². The normalized spacial score (nSPS) is 27.3. The Labute approximate surface area is 134 Å². The molecule has 3 amide bonds. The molecule has 2 N–H and O–H groups in total. The highest BCUT2D eigenvalue weighted by Crippen LogP contribution is 2.29. The van der Waals surface area contributed by atoms with E-state index >= 15 is 0 Å². The Kier molecular flexibility index (Phi) is 7.00. The van der Waals surface area contributed by atoms with Crippen LogP contribution < -0.4 is 10.6 Å². The molecule has 0 aromatic carbocycles. The van der Waals surface area contributed by atoms with E-state index in [1.54, 1.807) is 0 Å². The lowest BCUT2D eigenvalue weighted by atomic mass is 9.82. The van der Waals surface area contributed by atoms with Crippen molar-refractivity contribution in [3.05, 3.63) is 0 Å². The summed E-state index contributed by atoms with van der Waals surface area (Å²) in [6.07, 6.45) is 9.36. The van der Waals surface area contributed by atoms with E-state index < -0.39 is 0 Å². The summed E-state index contributed by atoms with van der Waals surface area (Å²) in [5.41, 5.74) is 0. The molecule has 0 bridgehead atoms. The number of fused-ring (bicyclic) bond motifs is 1. The molecule has 1 heterocycles. The third-order valence-electron chi connectivity index (χ3n) is 4.88. The summed E-state index contributed by atoms with van der Waals surface area (Å²) in [5, 5.41) is 6.09. The number of carbonyl (C=O) groups excluding carboxylic acids is 2. The lowest BCUT2D eigenvalue weighted by Gasteiger charge is -2.39. The molecular formula is C17H31N3O2. The van der Waals surface area contributed by atoms with E-state index in [0.717, 1.165) is 70.9 Å². The maximum atomic E-state index is 12.6. The number of nitrogens with one attached hydrogen (secondary N) is 2. The van der Waals surface area contributed by atoms with Crippen LogP contribution in [0.1, 0.15) is 64.7 Å². The Hall–Kier alpha value is -1.26. The summed E-state index contributed by atoms with van der Waals surface area (Å²) >= 11 is 0. The van der Waals surface area contributed by atoms with Crippen molar-refractivity contribution in [2.45, 2.75) is 70.8 Å². The largest absolute Gasteiger partial charge is 0.356 e. The number of rotatable bonds is 2. The number of hydrogen-bond donors (Lipinski definition) is 2. The number of urea groups is 1. The van der Waals surface area contributed by atoms with Crippen LogP contribution in [-0.4, -0.2) is 42.5 Å². The van der Waals surface area contributed by atoms with Crippen LogP contribution in [0.3, 0.4) is 0 Å². The molecule has 0 unspecified atom stereocenters. The molecule has 1 aliphatic carbocycles. The summed E-state index contributed by atoms with van der Waals surface area (Å²) in [5.74, 6) is 0.124. The molecule has 22 heavy (non-hydrogen) atoms. The molecular weight excluding hydrogens is 278 g/mol. The summed E-state index contributed by atoms with van der Waals surface area (Å²) < 4.78 is 0. The van der Waals surface area contributed by atoms with Gasteiger partial charge in [0.05, 0.1) is 5.92 Å². The molecule has 2 fully saturated rings. The van der Waals surface area contributed by atoms with Gasteiger partial charge in [0.1, 0.15) is 0 Å². The third kappa shape index (κ3) is 4.62. The van der Waals surface area contributed by atoms with Crippen molar-refractivity contribution < 1.29 is 9.59 Å². The second-order valence-electron chi connectivity index (χ2n) is 6.59. The molecule has 2 aliphatic rings. The number of hydrogen-bond acceptors (Lipinski definition) is 2. The fraction of sp³-hybridized carbons (Fsp3) is 0.882. The Morgan fingerprint density at radius 2 is 1.95 bits per heavy atom. The van der Waals surface area contributed by atoms with Gasteiger partial charge >= 0.3 is 6.03 Å².